The van der Waals surface area contributed by atoms with E-state index in [0.717, 1.165) is 17.4 Å². The second kappa shape index (κ2) is 8.90. The maximum absolute atomic E-state index is 12.3. The van der Waals surface area contributed by atoms with Gasteiger partial charge in [-0.05, 0) is 37.1 Å². The minimum Gasteiger partial charge on any atom is -0.495 e. The minimum atomic E-state index is -3.57. The van der Waals surface area contributed by atoms with Crippen LogP contribution in [0.15, 0.2) is 48.5 Å². The quantitative estimate of drug-likeness (QED) is 0.752. The molecule has 0 aliphatic rings. The largest absolute Gasteiger partial charge is 0.495 e. The third-order valence-electron chi connectivity index (χ3n) is 4.22. The normalized spacial score (nSPS) is 12.3. The summed E-state index contributed by atoms with van der Waals surface area (Å²) in [5.41, 5.74) is 2.33. The first-order chi connectivity index (χ1) is 12.7. The average Bonchev–Trinajstić information content (AvgIpc) is 2.61. The number of benzene rings is 2. The molecule has 7 heteroatoms. The highest BCUT2D eigenvalue weighted by atomic mass is 32.2. The number of hydrogen-bond acceptors (Lipinski definition) is 4. The molecule has 2 rings (SSSR count). The number of ether oxygens (including phenoxy) is 1. The predicted molar refractivity (Wildman–Crippen MR) is 108 cm³/mol. The maximum atomic E-state index is 12.3. The van der Waals surface area contributed by atoms with Crippen molar-refractivity contribution in [2.45, 2.75) is 26.3 Å². The number of rotatable bonds is 8. The van der Waals surface area contributed by atoms with Crippen molar-refractivity contribution in [3.8, 4) is 5.75 Å². The van der Waals surface area contributed by atoms with E-state index in [1.807, 2.05) is 50.2 Å². The summed E-state index contributed by atoms with van der Waals surface area (Å²) in [6, 6.07) is 14.8. The second-order valence-electron chi connectivity index (χ2n) is 6.46. The van der Waals surface area contributed by atoms with Crippen LogP contribution >= 0.6 is 0 Å². The molecule has 0 aliphatic heterocycles. The van der Waals surface area contributed by atoms with Gasteiger partial charge in [0.05, 0.1) is 25.1 Å². The van der Waals surface area contributed by atoms with Crippen LogP contribution in [-0.4, -0.2) is 34.2 Å². The van der Waals surface area contributed by atoms with Crippen molar-refractivity contribution in [3.63, 3.8) is 0 Å². The summed E-state index contributed by atoms with van der Waals surface area (Å²) in [6.07, 6.45) is 1.17. The molecule has 27 heavy (non-hydrogen) atoms. The fourth-order valence-corrected chi connectivity index (χ4v) is 3.72. The van der Waals surface area contributed by atoms with E-state index in [-0.39, 0.29) is 24.9 Å². The highest BCUT2D eigenvalue weighted by molar-refractivity contribution is 7.92. The van der Waals surface area contributed by atoms with Gasteiger partial charge in [0.15, 0.2) is 0 Å². The Bertz CT molecular complexity index is 882. The van der Waals surface area contributed by atoms with E-state index in [1.165, 1.54) is 11.4 Å². The van der Waals surface area contributed by atoms with Crippen LogP contribution in [0.5, 0.6) is 5.75 Å². The number of methoxy groups -OCH3 is 1. The Balaban J connectivity index is 2.12. The Labute approximate surface area is 161 Å². The summed E-state index contributed by atoms with van der Waals surface area (Å²) < 4.78 is 31.1. The van der Waals surface area contributed by atoms with Gasteiger partial charge >= 0.3 is 0 Å². The standard InChI is InChI=1S/C20H26N2O4S/c1-15-10-11-19(26-3)18(14-15)22(27(4,24)25)13-12-20(23)21-16(2)17-8-6-5-7-9-17/h5-11,14,16H,12-13H2,1-4H3,(H,21,23). The van der Waals surface area contributed by atoms with Crippen molar-refractivity contribution in [1.82, 2.24) is 5.32 Å². The van der Waals surface area contributed by atoms with Gasteiger partial charge < -0.3 is 10.1 Å². The number of amides is 1. The van der Waals surface area contributed by atoms with E-state index in [2.05, 4.69) is 5.32 Å². The molecule has 0 fully saturated rings. The number of carbonyl (C=O) groups is 1. The topological polar surface area (TPSA) is 75.7 Å². The molecule has 2 aromatic rings. The Hall–Kier alpha value is -2.54. The van der Waals surface area contributed by atoms with Gasteiger partial charge in [-0.1, -0.05) is 36.4 Å². The summed E-state index contributed by atoms with van der Waals surface area (Å²) in [5.74, 6) is 0.232. The number of sulfonamides is 1. The molecule has 0 spiro atoms. The summed E-state index contributed by atoms with van der Waals surface area (Å²) in [7, 11) is -2.08. The lowest BCUT2D eigenvalue weighted by atomic mass is 10.1. The molecule has 0 saturated carbocycles. The predicted octanol–water partition coefficient (Wildman–Crippen LogP) is 3.04. The molecular formula is C20H26N2O4S. The van der Waals surface area contributed by atoms with Crippen molar-refractivity contribution >= 4 is 21.6 Å². The van der Waals surface area contributed by atoms with Gasteiger partial charge in [0, 0.05) is 13.0 Å². The fourth-order valence-electron chi connectivity index (χ4n) is 2.80. The van der Waals surface area contributed by atoms with Crippen LogP contribution in [-0.2, 0) is 14.8 Å². The van der Waals surface area contributed by atoms with Gasteiger partial charge in [-0.3, -0.25) is 9.10 Å². The molecule has 0 saturated heterocycles. The summed E-state index contributed by atoms with van der Waals surface area (Å²) in [5, 5.41) is 2.90. The van der Waals surface area contributed by atoms with Crippen molar-refractivity contribution in [2.75, 3.05) is 24.2 Å². The summed E-state index contributed by atoms with van der Waals surface area (Å²) in [4.78, 5) is 12.3. The molecule has 1 atom stereocenters. The molecule has 146 valence electrons. The Morgan fingerprint density at radius 3 is 2.44 bits per heavy atom. The zero-order chi connectivity index (χ0) is 20.0. The smallest absolute Gasteiger partial charge is 0.232 e. The van der Waals surface area contributed by atoms with E-state index in [4.69, 9.17) is 4.74 Å². The van der Waals surface area contributed by atoms with Crippen LogP contribution in [0.3, 0.4) is 0 Å². The lowest BCUT2D eigenvalue weighted by molar-refractivity contribution is -0.121. The number of carbonyl (C=O) groups excluding carboxylic acids is 1. The molecule has 0 radical (unpaired) electrons. The first kappa shape index (κ1) is 20.8. The first-order valence-corrected chi connectivity index (χ1v) is 10.5. The number of nitrogens with one attached hydrogen (secondary N) is 1. The van der Waals surface area contributed by atoms with Crippen LogP contribution < -0.4 is 14.4 Å². The van der Waals surface area contributed by atoms with Gasteiger partial charge in [-0.15, -0.1) is 0 Å². The number of hydrogen-bond donors (Lipinski definition) is 1. The van der Waals surface area contributed by atoms with Gasteiger partial charge in [0.1, 0.15) is 5.75 Å². The van der Waals surface area contributed by atoms with Crippen molar-refractivity contribution in [2.24, 2.45) is 0 Å². The molecule has 0 bridgehead atoms. The zero-order valence-corrected chi connectivity index (χ0v) is 16.9. The zero-order valence-electron chi connectivity index (χ0n) is 16.1. The monoisotopic (exact) mass is 390 g/mol. The average molecular weight is 391 g/mol. The van der Waals surface area contributed by atoms with Crippen LogP contribution in [0.1, 0.15) is 30.5 Å². The van der Waals surface area contributed by atoms with Crippen LogP contribution in [0.4, 0.5) is 5.69 Å². The van der Waals surface area contributed by atoms with Gasteiger partial charge in [-0.2, -0.15) is 0 Å². The van der Waals surface area contributed by atoms with E-state index in [1.54, 1.807) is 12.1 Å². The molecule has 0 aromatic heterocycles. The third-order valence-corrected chi connectivity index (χ3v) is 5.40. The maximum Gasteiger partial charge on any atom is 0.232 e. The molecule has 1 amide bonds. The van der Waals surface area contributed by atoms with Crippen LogP contribution in [0, 0.1) is 6.92 Å². The Kier molecular flexibility index (Phi) is 6.85. The lowest BCUT2D eigenvalue weighted by Crippen LogP contribution is -2.35. The van der Waals surface area contributed by atoms with Crippen LogP contribution in [0.2, 0.25) is 0 Å². The summed E-state index contributed by atoms with van der Waals surface area (Å²) in [6.45, 7) is 3.80. The molecular weight excluding hydrogens is 364 g/mol. The highest BCUT2D eigenvalue weighted by Gasteiger charge is 2.22. The second-order valence-corrected chi connectivity index (χ2v) is 8.37. The van der Waals surface area contributed by atoms with E-state index in [0.29, 0.717) is 11.4 Å². The first-order valence-electron chi connectivity index (χ1n) is 8.69. The minimum absolute atomic E-state index is 0.0337. The number of nitrogens with zero attached hydrogens (tertiary/aromatic N) is 1. The molecule has 1 unspecified atom stereocenters. The van der Waals surface area contributed by atoms with E-state index < -0.39 is 10.0 Å². The molecule has 1 N–H and O–H groups in total. The van der Waals surface area contributed by atoms with Crippen molar-refractivity contribution in [3.05, 3.63) is 59.7 Å². The molecule has 6 nitrogen and oxygen atoms in total. The van der Waals surface area contributed by atoms with E-state index >= 15 is 0 Å². The number of anilines is 1. The lowest BCUT2D eigenvalue weighted by Gasteiger charge is -2.25. The highest BCUT2D eigenvalue weighted by Crippen LogP contribution is 2.31. The SMILES string of the molecule is COc1ccc(C)cc1N(CCC(=O)NC(C)c1ccccc1)S(C)(=O)=O. The van der Waals surface area contributed by atoms with E-state index in [9.17, 15) is 13.2 Å². The van der Waals surface area contributed by atoms with Crippen LogP contribution in [0.25, 0.3) is 0 Å². The van der Waals surface area contributed by atoms with Crippen molar-refractivity contribution < 1.29 is 17.9 Å². The Morgan fingerprint density at radius 1 is 1.19 bits per heavy atom. The van der Waals surface area contributed by atoms with Gasteiger partial charge in [0.2, 0.25) is 15.9 Å². The van der Waals surface area contributed by atoms with Gasteiger partial charge in [-0.25, -0.2) is 8.42 Å². The molecule has 0 heterocycles. The molecule has 2 aromatic carbocycles. The summed E-state index contributed by atoms with van der Waals surface area (Å²) >= 11 is 0. The van der Waals surface area contributed by atoms with Crippen molar-refractivity contribution in [1.29, 1.82) is 0 Å². The third kappa shape index (κ3) is 5.72. The fraction of sp³-hybridized carbons (Fsp3) is 0.350. The molecule has 0 aliphatic carbocycles. The Morgan fingerprint density at radius 2 is 1.85 bits per heavy atom. The number of aryl methyl sites for hydroxylation is 1. The van der Waals surface area contributed by atoms with Gasteiger partial charge in [0.25, 0.3) is 0 Å².